The van der Waals surface area contributed by atoms with Gasteiger partial charge in [0, 0.05) is 23.4 Å². The molecule has 2 aromatic carbocycles. The van der Waals surface area contributed by atoms with Gasteiger partial charge in [0.1, 0.15) is 23.1 Å². The van der Waals surface area contributed by atoms with E-state index in [1.54, 1.807) is 18.0 Å². The number of sulfone groups is 1. The molecule has 0 radical (unpaired) electrons. The zero-order chi connectivity index (χ0) is 24.3. The van der Waals surface area contributed by atoms with Crippen molar-refractivity contribution in [1.82, 2.24) is 15.1 Å². The smallest absolute Gasteiger partial charge is 0.262 e. The largest absolute Gasteiger partial charge is 0.497 e. The summed E-state index contributed by atoms with van der Waals surface area (Å²) in [5.74, 6) is 0.0347. The second kappa shape index (κ2) is 9.53. The number of amides is 1. The lowest BCUT2D eigenvalue weighted by Gasteiger charge is -2.10. The van der Waals surface area contributed by atoms with Crippen LogP contribution in [0.5, 0.6) is 5.75 Å². The van der Waals surface area contributed by atoms with E-state index in [2.05, 4.69) is 5.32 Å². The summed E-state index contributed by atoms with van der Waals surface area (Å²) in [7, 11) is -1.56. The number of carbonyl (C=O) groups excluding carboxylic acids is 1. The van der Waals surface area contributed by atoms with E-state index in [4.69, 9.17) is 9.84 Å². The molecular formula is C25H24N4O4S. The van der Waals surface area contributed by atoms with Crippen molar-refractivity contribution in [3.63, 3.8) is 0 Å². The molecule has 174 valence electrons. The predicted octanol–water partition coefficient (Wildman–Crippen LogP) is 3.07. The van der Waals surface area contributed by atoms with Crippen LogP contribution < -0.4 is 10.1 Å². The topological polar surface area (TPSA) is 114 Å². The van der Waals surface area contributed by atoms with E-state index in [0.29, 0.717) is 23.4 Å². The van der Waals surface area contributed by atoms with Crippen molar-refractivity contribution in [3.05, 3.63) is 71.4 Å². The summed E-state index contributed by atoms with van der Waals surface area (Å²) >= 11 is 0. The van der Waals surface area contributed by atoms with Crippen LogP contribution in [0.2, 0.25) is 0 Å². The average Bonchev–Trinajstić information content (AvgIpc) is 3.40. The molecule has 1 unspecified atom stereocenters. The third-order valence-corrected chi connectivity index (χ3v) is 7.45. The van der Waals surface area contributed by atoms with Crippen molar-refractivity contribution in [2.75, 3.05) is 18.6 Å². The van der Waals surface area contributed by atoms with Crippen molar-refractivity contribution >= 4 is 21.8 Å². The first-order valence-electron chi connectivity index (χ1n) is 10.7. The molecule has 8 nitrogen and oxygen atoms in total. The van der Waals surface area contributed by atoms with Gasteiger partial charge >= 0.3 is 0 Å². The SMILES string of the molecule is COc1ccc(-c2nn(-c3ccccc3)cc2C=C(C#N)C(=O)NC2CCS(=O)(=O)C2)c(C)c1. The predicted molar refractivity (Wildman–Crippen MR) is 129 cm³/mol. The Labute approximate surface area is 198 Å². The summed E-state index contributed by atoms with van der Waals surface area (Å²) in [4.78, 5) is 12.8. The number of hydrogen-bond donors (Lipinski definition) is 1. The van der Waals surface area contributed by atoms with E-state index in [1.165, 1.54) is 6.08 Å². The molecular weight excluding hydrogens is 452 g/mol. The first kappa shape index (κ1) is 23.3. The molecule has 1 amide bonds. The van der Waals surface area contributed by atoms with Gasteiger partial charge in [0.2, 0.25) is 0 Å². The van der Waals surface area contributed by atoms with Gasteiger partial charge in [-0.15, -0.1) is 0 Å². The summed E-state index contributed by atoms with van der Waals surface area (Å²) in [6.45, 7) is 1.94. The van der Waals surface area contributed by atoms with Gasteiger partial charge in [0.25, 0.3) is 5.91 Å². The van der Waals surface area contributed by atoms with Gasteiger partial charge in [-0.2, -0.15) is 10.4 Å². The molecule has 3 aromatic rings. The molecule has 2 heterocycles. The minimum atomic E-state index is -3.15. The maximum atomic E-state index is 12.8. The van der Waals surface area contributed by atoms with Crippen molar-refractivity contribution in [2.45, 2.75) is 19.4 Å². The Morgan fingerprint density at radius 3 is 2.65 bits per heavy atom. The number of aryl methyl sites for hydroxylation is 1. The maximum Gasteiger partial charge on any atom is 0.262 e. The monoisotopic (exact) mass is 476 g/mol. The van der Waals surface area contributed by atoms with E-state index in [0.717, 1.165) is 16.8 Å². The number of nitriles is 1. The van der Waals surface area contributed by atoms with Crippen LogP contribution in [-0.2, 0) is 14.6 Å². The Bertz CT molecular complexity index is 1400. The number of para-hydroxylation sites is 1. The molecule has 0 saturated carbocycles. The summed E-state index contributed by atoms with van der Waals surface area (Å²) in [5, 5.41) is 17.1. The number of aromatic nitrogens is 2. The Hall–Kier alpha value is -3.90. The van der Waals surface area contributed by atoms with Gasteiger partial charge in [0.15, 0.2) is 9.84 Å². The summed E-state index contributed by atoms with van der Waals surface area (Å²) in [6, 6.07) is 16.6. The Balaban J connectivity index is 1.74. The van der Waals surface area contributed by atoms with Crippen molar-refractivity contribution in [1.29, 1.82) is 5.26 Å². The highest BCUT2D eigenvalue weighted by Gasteiger charge is 2.29. The van der Waals surface area contributed by atoms with Gasteiger partial charge in [-0.25, -0.2) is 13.1 Å². The normalized spacial score (nSPS) is 17.2. The number of ether oxygens (including phenoxy) is 1. The van der Waals surface area contributed by atoms with E-state index < -0.39 is 21.8 Å². The zero-order valence-corrected chi connectivity index (χ0v) is 19.7. The number of benzene rings is 2. The highest BCUT2D eigenvalue weighted by atomic mass is 32.2. The van der Waals surface area contributed by atoms with Crippen molar-refractivity contribution in [2.24, 2.45) is 0 Å². The molecule has 1 aromatic heterocycles. The minimum Gasteiger partial charge on any atom is -0.497 e. The molecule has 0 bridgehead atoms. The van der Waals surface area contributed by atoms with Gasteiger partial charge in [0.05, 0.1) is 24.3 Å². The number of carbonyl (C=O) groups is 1. The highest BCUT2D eigenvalue weighted by molar-refractivity contribution is 7.91. The van der Waals surface area contributed by atoms with E-state index in [9.17, 15) is 18.5 Å². The van der Waals surface area contributed by atoms with Crippen LogP contribution in [0.4, 0.5) is 0 Å². The highest BCUT2D eigenvalue weighted by Crippen LogP contribution is 2.30. The fraction of sp³-hybridized carbons (Fsp3) is 0.240. The number of nitrogens with one attached hydrogen (secondary N) is 1. The lowest BCUT2D eigenvalue weighted by atomic mass is 10.0. The second-order valence-corrected chi connectivity index (χ2v) is 10.4. The Kier molecular flexibility index (Phi) is 6.52. The van der Waals surface area contributed by atoms with Gasteiger partial charge in [-0.1, -0.05) is 18.2 Å². The van der Waals surface area contributed by atoms with Crippen LogP contribution in [0.15, 0.2) is 60.3 Å². The zero-order valence-electron chi connectivity index (χ0n) is 18.9. The average molecular weight is 477 g/mol. The third kappa shape index (κ3) is 5.02. The van der Waals surface area contributed by atoms with Crippen LogP contribution in [-0.4, -0.2) is 48.8 Å². The summed E-state index contributed by atoms with van der Waals surface area (Å²) in [5.41, 5.74) is 3.65. The molecule has 1 fully saturated rings. The summed E-state index contributed by atoms with van der Waals surface area (Å²) < 4.78 is 30.4. The van der Waals surface area contributed by atoms with Crippen molar-refractivity contribution < 1.29 is 17.9 Å². The molecule has 9 heteroatoms. The van der Waals surface area contributed by atoms with Gasteiger partial charge in [-0.3, -0.25) is 4.79 Å². The lowest BCUT2D eigenvalue weighted by Crippen LogP contribution is -2.36. The number of hydrogen-bond acceptors (Lipinski definition) is 6. The number of methoxy groups -OCH3 is 1. The molecule has 1 aliphatic heterocycles. The van der Waals surface area contributed by atoms with Gasteiger partial charge in [-0.05, 0) is 55.3 Å². The minimum absolute atomic E-state index is 0.0360. The second-order valence-electron chi connectivity index (χ2n) is 8.14. The molecule has 34 heavy (non-hydrogen) atoms. The standard InChI is InChI=1S/C25H24N4O4S/c1-17-12-22(33-2)8-9-23(17)24-19(15-29(28-24)21-6-4-3-5-7-21)13-18(14-26)25(30)27-20-10-11-34(31,32)16-20/h3-9,12-13,15,20H,10-11,16H2,1-2H3,(H,27,30). The Morgan fingerprint density at radius 1 is 1.26 bits per heavy atom. The number of rotatable bonds is 6. The summed E-state index contributed by atoms with van der Waals surface area (Å²) in [6.07, 6.45) is 3.60. The first-order valence-corrected chi connectivity index (χ1v) is 12.5. The third-order valence-electron chi connectivity index (χ3n) is 5.68. The quantitative estimate of drug-likeness (QED) is 0.432. The molecule has 1 atom stereocenters. The van der Waals surface area contributed by atoms with Crippen LogP contribution in [0, 0.1) is 18.3 Å². The molecule has 4 rings (SSSR count). The van der Waals surface area contributed by atoms with E-state index in [-0.39, 0.29) is 17.1 Å². The van der Waals surface area contributed by atoms with Crippen LogP contribution in [0.1, 0.15) is 17.5 Å². The van der Waals surface area contributed by atoms with E-state index in [1.807, 2.05) is 61.5 Å². The molecule has 1 aliphatic rings. The molecule has 0 aliphatic carbocycles. The van der Waals surface area contributed by atoms with Gasteiger partial charge < -0.3 is 10.1 Å². The molecule has 0 spiro atoms. The lowest BCUT2D eigenvalue weighted by molar-refractivity contribution is -0.117. The van der Waals surface area contributed by atoms with Crippen LogP contribution in [0.3, 0.4) is 0 Å². The fourth-order valence-corrected chi connectivity index (χ4v) is 5.59. The number of nitrogens with zero attached hydrogens (tertiary/aromatic N) is 3. The van der Waals surface area contributed by atoms with Crippen molar-refractivity contribution in [3.8, 4) is 28.8 Å². The fourth-order valence-electron chi connectivity index (χ4n) is 3.92. The van der Waals surface area contributed by atoms with Crippen LogP contribution >= 0.6 is 0 Å². The van der Waals surface area contributed by atoms with E-state index >= 15 is 0 Å². The first-order chi connectivity index (χ1) is 16.3. The Morgan fingerprint density at radius 2 is 2.03 bits per heavy atom. The molecule has 1 saturated heterocycles. The molecule has 1 N–H and O–H groups in total. The van der Waals surface area contributed by atoms with Crippen LogP contribution in [0.25, 0.3) is 23.0 Å². The maximum absolute atomic E-state index is 12.8.